The summed E-state index contributed by atoms with van der Waals surface area (Å²) in [5, 5.41) is 3.13. The first-order valence-electron chi connectivity index (χ1n) is 6.68. The minimum Gasteiger partial charge on any atom is -0.497 e. The number of H-pyrrole nitrogens is 1. The highest BCUT2D eigenvalue weighted by atomic mass is 16.5. The second-order valence-corrected chi connectivity index (χ2v) is 4.54. The van der Waals surface area contributed by atoms with E-state index in [0.29, 0.717) is 12.5 Å². The van der Waals surface area contributed by atoms with Gasteiger partial charge in [0.1, 0.15) is 5.75 Å². The molecule has 106 valence electrons. The number of aryl methyl sites for hydroxylation is 1. The smallest absolute Gasteiger partial charge is 0.252 e. The predicted molar refractivity (Wildman–Crippen MR) is 79.2 cm³/mol. The van der Waals surface area contributed by atoms with Crippen molar-refractivity contribution < 1.29 is 4.74 Å². The van der Waals surface area contributed by atoms with E-state index in [1.807, 2.05) is 24.3 Å². The van der Waals surface area contributed by atoms with Gasteiger partial charge in [-0.2, -0.15) is 0 Å². The molecule has 2 N–H and O–H groups in total. The second-order valence-electron chi connectivity index (χ2n) is 4.54. The van der Waals surface area contributed by atoms with E-state index >= 15 is 0 Å². The first-order valence-corrected chi connectivity index (χ1v) is 6.68. The third kappa shape index (κ3) is 3.85. The number of methoxy groups -OCH3 is 1. The molecule has 5 heteroatoms. The van der Waals surface area contributed by atoms with Gasteiger partial charge in [-0.15, -0.1) is 0 Å². The lowest BCUT2D eigenvalue weighted by Gasteiger charge is -2.07. The molecular formula is C15H19N3O2. The summed E-state index contributed by atoms with van der Waals surface area (Å²) in [5.41, 5.74) is 1.78. The molecule has 1 aromatic carbocycles. The van der Waals surface area contributed by atoms with E-state index < -0.39 is 0 Å². The molecule has 1 aromatic heterocycles. The van der Waals surface area contributed by atoms with Crippen LogP contribution in [-0.2, 0) is 13.0 Å². The number of hydrogen-bond donors (Lipinski definition) is 2. The van der Waals surface area contributed by atoms with Crippen LogP contribution in [0.1, 0.15) is 24.6 Å². The van der Waals surface area contributed by atoms with Crippen LogP contribution in [0, 0.1) is 0 Å². The SMILES string of the molecule is CCCc1cc(=O)[nH]c(NCc2ccc(OC)cc2)n1. The molecule has 5 nitrogen and oxygen atoms in total. The van der Waals surface area contributed by atoms with Gasteiger partial charge in [0.05, 0.1) is 7.11 Å². The molecule has 0 saturated heterocycles. The van der Waals surface area contributed by atoms with Gasteiger partial charge in [0, 0.05) is 18.3 Å². The van der Waals surface area contributed by atoms with Gasteiger partial charge in [-0.05, 0) is 24.1 Å². The van der Waals surface area contributed by atoms with Crippen molar-refractivity contribution in [3.63, 3.8) is 0 Å². The maximum Gasteiger partial charge on any atom is 0.252 e. The average molecular weight is 273 g/mol. The molecule has 0 atom stereocenters. The molecule has 0 aliphatic carbocycles. The van der Waals surface area contributed by atoms with E-state index in [1.165, 1.54) is 0 Å². The summed E-state index contributed by atoms with van der Waals surface area (Å²) in [6.45, 7) is 2.66. The number of hydrogen-bond acceptors (Lipinski definition) is 4. The largest absolute Gasteiger partial charge is 0.497 e. The molecule has 0 bridgehead atoms. The molecule has 0 radical (unpaired) electrons. The Morgan fingerprint density at radius 3 is 2.70 bits per heavy atom. The quantitative estimate of drug-likeness (QED) is 0.847. The fraction of sp³-hybridized carbons (Fsp3) is 0.333. The van der Waals surface area contributed by atoms with Crippen LogP contribution in [-0.4, -0.2) is 17.1 Å². The summed E-state index contributed by atoms with van der Waals surface area (Å²) in [6, 6.07) is 9.29. The molecule has 1 heterocycles. The Morgan fingerprint density at radius 2 is 2.05 bits per heavy atom. The number of nitrogens with zero attached hydrogens (tertiary/aromatic N) is 1. The highest BCUT2D eigenvalue weighted by molar-refractivity contribution is 5.31. The van der Waals surface area contributed by atoms with E-state index in [1.54, 1.807) is 13.2 Å². The molecule has 0 saturated carbocycles. The third-order valence-electron chi connectivity index (χ3n) is 2.92. The third-order valence-corrected chi connectivity index (χ3v) is 2.92. The zero-order valence-corrected chi connectivity index (χ0v) is 11.8. The van der Waals surface area contributed by atoms with Crippen molar-refractivity contribution >= 4 is 5.95 Å². The molecule has 2 aromatic rings. The molecule has 0 spiro atoms. The summed E-state index contributed by atoms with van der Waals surface area (Å²) in [4.78, 5) is 18.6. The van der Waals surface area contributed by atoms with Crippen LogP contribution in [0.15, 0.2) is 35.1 Å². The van der Waals surface area contributed by atoms with E-state index in [9.17, 15) is 4.79 Å². The van der Waals surface area contributed by atoms with E-state index in [2.05, 4.69) is 22.2 Å². The monoisotopic (exact) mass is 273 g/mol. The van der Waals surface area contributed by atoms with Crippen LogP contribution in [0.3, 0.4) is 0 Å². The molecule has 0 unspecified atom stereocenters. The first-order chi connectivity index (χ1) is 9.71. The van der Waals surface area contributed by atoms with Gasteiger partial charge < -0.3 is 10.1 Å². The van der Waals surface area contributed by atoms with Crippen LogP contribution in [0.25, 0.3) is 0 Å². The van der Waals surface area contributed by atoms with Crippen molar-refractivity contribution in [1.29, 1.82) is 0 Å². The Bertz CT molecular complexity index is 605. The second kappa shape index (κ2) is 6.75. The Morgan fingerprint density at radius 1 is 1.30 bits per heavy atom. The molecule has 0 aliphatic rings. The Labute approximate surface area is 118 Å². The maximum atomic E-state index is 11.5. The van der Waals surface area contributed by atoms with Crippen LogP contribution in [0.4, 0.5) is 5.95 Å². The normalized spacial score (nSPS) is 10.3. The standard InChI is InChI=1S/C15H19N3O2/c1-3-4-12-9-14(19)18-15(17-12)16-10-11-5-7-13(20-2)8-6-11/h5-9H,3-4,10H2,1-2H3,(H2,16,17,18,19). The molecule has 20 heavy (non-hydrogen) atoms. The van der Waals surface area contributed by atoms with Gasteiger partial charge >= 0.3 is 0 Å². The highest BCUT2D eigenvalue weighted by Gasteiger charge is 2.01. The van der Waals surface area contributed by atoms with E-state index in [4.69, 9.17) is 4.74 Å². The number of anilines is 1. The van der Waals surface area contributed by atoms with Gasteiger partial charge in [0.25, 0.3) is 5.56 Å². The van der Waals surface area contributed by atoms with E-state index in [0.717, 1.165) is 29.8 Å². The van der Waals surface area contributed by atoms with Gasteiger partial charge in [-0.25, -0.2) is 4.98 Å². The summed E-state index contributed by atoms with van der Waals surface area (Å²) in [6.07, 6.45) is 1.77. The lowest BCUT2D eigenvalue weighted by atomic mass is 10.2. The van der Waals surface area contributed by atoms with Crippen molar-refractivity contribution in [2.45, 2.75) is 26.3 Å². The minimum atomic E-state index is -0.124. The molecule has 0 amide bonds. The van der Waals surface area contributed by atoms with Gasteiger partial charge in [-0.1, -0.05) is 25.5 Å². The number of nitrogens with one attached hydrogen (secondary N) is 2. The van der Waals surface area contributed by atoms with Crippen molar-refractivity contribution in [1.82, 2.24) is 9.97 Å². The topological polar surface area (TPSA) is 67.0 Å². The van der Waals surface area contributed by atoms with Crippen LogP contribution in [0.2, 0.25) is 0 Å². The van der Waals surface area contributed by atoms with Crippen LogP contribution < -0.4 is 15.6 Å². The molecule has 0 aliphatic heterocycles. The Kier molecular flexibility index (Phi) is 4.76. The zero-order chi connectivity index (χ0) is 14.4. The summed E-state index contributed by atoms with van der Waals surface area (Å²) < 4.78 is 5.11. The highest BCUT2D eigenvalue weighted by Crippen LogP contribution is 2.12. The van der Waals surface area contributed by atoms with Crippen LogP contribution >= 0.6 is 0 Å². The number of benzene rings is 1. The summed E-state index contributed by atoms with van der Waals surface area (Å²) in [7, 11) is 1.64. The predicted octanol–water partition coefficient (Wildman–Crippen LogP) is 2.34. The van der Waals surface area contributed by atoms with Crippen LogP contribution in [0.5, 0.6) is 5.75 Å². The Balaban J connectivity index is 2.04. The zero-order valence-electron chi connectivity index (χ0n) is 11.8. The van der Waals surface area contributed by atoms with Gasteiger partial charge in [0.2, 0.25) is 5.95 Å². The minimum absolute atomic E-state index is 0.124. The number of aromatic nitrogens is 2. The van der Waals surface area contributed by atoms with Crippen molar-refractivity contribution in [3.8, 4) is 5.75 Å². The van der Waals surface area contributed by atoms with Gasteiger partial charge in [0.15, 0.2) is 0 Å². The van der Waals surface area contributed by atoms with Gasteiger partial charge in [-0.3, -0.25) is 9.78 Å². The maximum absolute atomic E-state index is 11.5. The van der Waals surface area contributed by atoms with Crippen molar-refractivity contribution in [2.24, 2.45) is 0 Å². The summed E-state index contributed by atoms with van der Waals surface area (Å²) in [5.74, 6) is 1.34. The van der Waals surface area contributed by atoms with E-state index in [-0.39, 0.29) is 5.56 Å². The fourth-order valence-corrected chi connectivity index (χ4v) is 1.91. The molecular weight excluding hydrogens is 254 g/mol. The lowest BCUT2D eigenvalue weighted by Crippen LogP contribution is -2.14. The Hall–Kier alpha value is -2.30. The number of aromatic amines is 1. The first kappa shape index (κ1) is 14.1. The lowest BCUT2D eigenvalue weighted by molar-refractivity contribution is 0.414. The fourth-order valence-electron chi connectivity index (χ4n) is 1.91. The number of rotatable bonds is 6. The average Bonchev–Trinajstić information content (AvgIpc) is 2.45. The molecule has 0 fully saturated rings. The van der Waals surface area contributed by atoms with Crippen molar-refractivity contribution in [2.75, 3.05) is 12.4 Å². The molecule has 2 rings (SSSR count). The van der Waals surface area contributed by atoms with Crippen molar-refractivity contribution in [3.05, 3.63) is 51.9 Å². The number of ether oxygens (including phenoxy) is 1. The summed E-state index contributed by atoms with van der Waals surface area (Å²) >= 11 is 0.